The van der Waals surface area contributed by atoms with Gasteiger partial charge in [0.05, 0.1) is 12.3 Å². The lowest BCUT2D eigenvalue weighted by atomic mass is 10.1. The lowest BCUT2D eigenvalue weighted by Gasteiger charge is -2.08. The molecule has 1 fully saturated rings. The number of aromatic nitrogens is 2. The minimum Gasteiger partial charge on any atom is -0.378 e. The van der Waals surface area contributed by atoms with E-state index in [1.165, 1.54) is 18.4 Å². The molecule has 16 heavy (non-hydrogen) atoms. The van der Waals surface area contributed by atoms with Crippen LogP contribution in [0.1, 0.15) is 31.7 Å². The molecule has 0 amide bonds. The highest BCUT2D eigenvalue weighted by molar-refractivity contribution is 5.05. The van der Waals surface area contributed by atoms with Gasteiger partial charge >= 0.3 is 0 Å². The summed E-state index contributed by atoms with van der Waals surface area (Å²) in [4.78, 5) is 0. The summed E-state index contributed by atoms with van der Waals surface area (Å²) in [5.41, 5.74) is 6.97. The zero-order chi connectivity index (χ0) is 11.4. The Kier molecular flexibility index (Phi) is 3.96. The number of hydrogen-bond acceptors (Lipinski definition) is 3. The van der Waals surface area contributed by atoms with Gasteiger partial charge in [-0.1, -0.05) is 0 Å². The molecular formula is C12H21N3O. The van der Waals surface area contributed by atoms with E-state index >= 15 is 0 Å². The first-order chi connectivity index (χ1) is 7.74. The lowest BCUT2D eigenvalue weighted by Crippen LogP contribution is -2.17. The summed E-state index contributed by atoms with van der Waals surface area (Å²) in [7, 11) is 0. The Morgan fingerprint density at radius 1 is 1.69 bits per heavy atom. The van der Waals surface area contributed by atoms with Crippen LogP contribution in [0.25, 0.3) is 0 Å². The standard InChI is InChI=1S/C12H21N3O/c1-10(13)7-11-8-14-15(9-11)5-4-12-3-2-6-16-12/h8-10,12H,2-7,13H2,1H3. The predicted molar refractivity (Wildman–Crippen MR) is 63.2 cm³/mol. The molecule has 0 radical (unpaired) electrons. The third-order valence-electron chi connectivity index (χ3n) is 2.95. The van der Waals surface area contributed by atoms with E-state index in [9.17, 15) is 0 Å². The average molecular weight is 223 g/mol. The zero-order valence-electron chi connectivity index (χ0n) is 9.93. The topological polar surface area (TPSA) is 53.1 Å². The van der Waals surface area contributed by atoms with Gasteiger partial charge in [-0.15, -0.1) is 0 Å². The first-order valence-electron chi connectivity index (χ1n) is 6.12. The Balaban J connectivity index is 1.78. The quantitative estimate of drug-likeness (QED) is 0.819. The minimum atomic E-state index is 0.204. The van der Waals surface area contributed by atoms with E-state index in [2.05, 4.69) is 11.3 Å². The van der Waals surface area contributed by atoms with Crippen LogP contribution in [-0.2, 0) is 17.7 Å². The molecule has 2 atom stereocenters. The fourth-order valence-corrected chi connectivity index (χ4v) is 2.15. The molecule has 1 saturated heterocycles. The highest BCUT2D eigenvalue weighted by atomic mass is 16.5. The molecule has 0 saturated carbocycles. The fourth-order valence-electron chi connectivity index (χ4n) is 2.15. The molecule has 0 spiro atoms. The molecule has 2 unspecified atom stereocenters. The molecular weight excluding hydrogens is 202 g/mol. The van der Waals surface area contributed by atoms with Crippen LogP contribution in [-0.4, -0.2) is 28.5 Å². The molecule has 0 aromatic carbocycles. The van der Waals surface area contributed by atoms with Gasteiger partial charge in [0.1, 0.15) is 0 Å². The second kappa shape index (κ2) is 5.46. The molecule has 4 nitrogen and oxygen atoms in total. The van der Waals surface area contributed by atoms with Crippen molar-refractivity contribution in [3.8, 4) is 0 Å². The summed E-state index contributed by atoms with van der Waals surface area (Å²) >= 11 is 0. The molecule has 0 aliphatic carbocycles. The van der Waals surface area contributed by atoms with Gasteiger partial charge in [-0.25, -0.2) is 0 Å². The van der Waals surface area contributed by atoms with Crippen LogP contribution in [0.4, 0.5) is 0 Å². The first kappa shape index (κ1) is 11.6. The number of ether oxygens (including phenoxy) is 1. The number of nitrogens with zero attached hydrogens (tertiary/aromatic N) is 2. The van der Waals surface area contributed by atoms with Crippen molar-refractivity contribution in [2.24, 2.45) is 5.73 Å². The van der Waals surface area contributed by atoms with Crippen molar-refractivity contribution in [2.75, 3.05) is 6.61 Å². The number of nitrogens with two attached hydrogens (primary N) is 1. The van der Waals surface area contributed by atoms with Gasteiger partial charge in [0.25, 0.3) is 0 Å². The summed E-state index contributed by atoms with van der Waals surface area (Å²) < 4.78 is 7.58. The number of hydrogen-bond donors (Lipinski definition) is 1. The molecule has 1 aromatic heterocycles. The first-order valence-corrected chi connectivity index (χ1v) is 6.12. The molecule has 2 rings (SSSR count). The molecule has 90 valence electrons. The number of rotatable bonds is 5. The van der Waals surface area contributed by atoms with Crippen LogP contribution < -0.4 is 5.73 Å². The monoisotopic (exact) mass is 223 g/mol. The summed E-state index contributed by atoms with van der Waals surface area (Å²) in [6, 6.07) is 0.204. The van der Waals surface area contributed by atoms with Gasteiger partial charge < -0.3 is 10.5 Å². The highest BCUT2D eigenvalue weighted by Gasteiger charge is 2.15. The third-order valence-corrected chi connectivity index (χ3v) is 2.95. The average Bonchev–Trinajstić information content (AvgIpc) is 2.84. The maximum atomic E-state index is 5.75. The zero-order valence-corrected chi connectivity index (χ0v) is 9.93. The van der Waals surface area contributed by atoms with E-state index in [0.717, 1.165) is 26.0 Å². The minimum absolute atomic E-state index is 0.204. The Bertz CT molecular complexity index is 316. The maximum Gasteiger partial charge on any atom is 0.0593 e. The Morgan fingerprint density at radius 2 is 2.56 bits per heavy atom. The Hall–Kier alpha value is -0.870. The lowest BCUT2D eigenvalue weighted by molar-refractivity contribution is 0.0994. The van der Waals surface area contributed by atoms with Crippen molar-refractivity contribution in [1.29, 1.82) is 0 Å². The molecule has 1 aliphatic rings. The summed E-state index contributed by atoms with van der Waals surface area (Å²) in [6.45, 7) is 3.90. The van der Waals surface area contributed by atoms with E-state index in [4.69, 9.17) is 10.5 Å². The molecule has 2 heterocycles. The third kappa shape index (κ3) is 3.32. The smallest absolute Gasteiger partial charge is 0.0593 e. The molecule has 2 N–H and O–H groups in total. The maximum absolute atomic E-state index is 5.75. The van der Waals surface area contributed by atoms with Crippen molar-refractivity contribution in [1.82, 2.24) is 9.78 Å². The van der Waals surface area contributed by atoms with Crippen molar-refractivity contribution in [2.45, 2.75) is 51.3 Å². The van der Waals surface area contributed by atoms with Crippen molar-refractivity contribution < 1.29 is 4.74 Å². The van der Waals surface area contributed by atoms with E-state index in [1.54, 1.807) is 0 Å². The van der Waals surface area contributed by atoms with E-state index in [-0.39, 0.29) is 6.04 Å². The molecule has 4 heteroatoms. The van der Waals surface area contributed by atoms with Crippen molar-refractivity contribution in [3.05, 3.63) is 18.0 Å². The van der Waals surface area contributed by atoms with Crippen LogP contribution in [0.2, 0.25) is 0 Å². The largest absolute Gasteiger partial charge is 0.378 e. The van der Waals surface area contributed by atoms with Crippen LogP contribution in [0.5, 0.6) is 0 Å². The van der Waals surface area contributed by atoms with Crippen molar-refractivity contribution >= 4 is 0 Å². The normalized spacial score (nSPS) is 22.5. The highest BCUT2D eigenvalue weighted by Crippen LogP contribution is 2.16. The van der Waals surface area contributed by atoms with Gasteiger partial charge in [0.2, 0.25) is 0 Å². The molecule has 1 aromatic rings. The predicted octanol–water partition coefficient (Wildman–Crippen LogP) is 1.34. The summed E-state index contributed by atoms with van der Waals surface area (Å²) in [6.07, 6.45) is 8.84. The van der Waals surface area contributed by atoms with Crippen molar-refractivity contribution in [3.63, 3.8) is 0 Å². The Labute approximate surface area is 96.8 Å². The van der Waals surface area contributed by atoms with Crippen LogP contribution in [0, 0.1) is 0 Å². The van der Waals surface area contributed by atoms with Crippen LogP contribution >= 0.6 is 0 Å². The second-order valence-corrected chi connectivity index (χ2v) is 4.72. The summed E-state index contributed by atoms with van der Waals surface area (Å²) in [5.74, 6) is 0. The van der Waals surface area contributed by atoms with E-state index in [0.29, 0.717) is 6.10 Å². The van der Waals surface area contributed by atoms with Crippen LogP contribution in [0.3, 0.4) is 0 Å². The van der Waals surface area contributed by atoms with Gasteiger partial charge in [-0.3, -0.25) is 4.68 Å². The molecule has 0 bridgehead atoms. The van der Waals surface area contributed by atoms with Gasteiger partial charge in [0.15, 0.2) is 0 Å². The van der Waals surface area contributed by atoms with Gasteiger partial charge in [0, 0.05) is 25.4 Å². The van der Waals surface area contributed by atoms with E-state index < -0.39 is 0 Å². The fraction of sp³-hybridized carbons (Fsp3) is 0.750. The SMILES string of the molecule is CC(N)Cc1cnn(CCC2CCCO2)c1. The van der Waals surface area contributed by atoms with Crippen LogP contribution in [0.15, 0.2) is 12.4 Å². The van der Waals surface area contributed by atoms with E-state index in [1.807, 2.05) is 17.8 Å². The summed E-state index contributed by atoms with van der Waals surface area (Å²) in [5, 5.41) is 4.34. The number of aryl methyl sites for hydroxylation is 1. The second-order valence-electron chi connectivity index (χ2n) is 4.72. The Morgan fingerprint density at radius 3 is 3.25 bits per heavy atom. The molecule has 1 aliphatic heterocycles. The van der Waals surface area contributed by atoms with Gasteiger partial charge in [-0.2, -0.15) is 5.10 Å². The van der Waals surface area contributed by atoms with Gasteiger partial charge in [-0.05, 0) is 38.2 Å².